The molecule has 2 bridgehead atoms. The molecule has 1 aromatic carbocycles. The van der Waals surface area contributed by atoms with E-state index in [1.165, 1.54) is 24.9 Å². The molecule has 0 aromatic heterocycles. The number of rotatable bonds is 6. The average molecular weight is 685 g/mol. The van der Waals surface area contributed by atoms with Crippen LogP contribution in [0.4, 0.5) is 5.69 Å². The van der Waals surface area contributed by atoms with Crippen LogP contribution in [0.3, 0.4) is 0 Å². The molecule has 0 spiro atoms. The van der Waals surface area contributed by atoms with Gasteiger partial charge in [0, 0.05) is 30.9 Å². The number of aliphatic hydroxyl groups excluding tert-OH is 1. The number of hydrogen-bond acceptors (Lipinski definition) is 9. The number of hydrogen-bond donors (Lipinski definition) is 5. The van der Waals surface area contributed by atoms with Crippen LogP contribution >= 0.6 is 11.8 Å². The van der Waals surface area contributed by atoms with Crippen molar-refractivity contribution in [2.45, 2.75) is 108 Å². The van der Waals surface area contributed by atoms with E-state index in [4.69, 9.17) is 9.47 Å². The largest absolute Gasteiger partial charge is 0.507 e. The summed E-state index contributed by atoms with van der Waals surface area (Å²) in [6.07, 6.45) is 18.0. The summed E-state index contributed by atoms with van der Waals surface area (Å²) in [4.78, 5) is 39.2. The number of ether oxygens (including phenoxy) is 2. The third-order valence-corrected chi connectivity index (χ3v) is 9.84. The molecular weight excluding hydrogens is 632 g/mol. The van der Waals surface area contributed by atoms with E-state index in [2.05, 4.69) is 10.6 Å². The fraction of sp³-hybridized carbons (Fsp3) is 0.541. The molecule has 11 heteroatoms. The summed E-state index contributed by atoms with van der Waals surface area (Å²) in [5.41, 5.74) is 1.23. The van der Waals surface area contributed by atoms with Crippen molar-refractivity contribution in [1.29, 1.82) is 0 Å². The summed E-state index contributed by atoms with van der Waals surface area (Å²) < 4.78 is 11.4. The Labute approximate surface area is 288 Å². The van der Waals surface area contributed by atoms with Gasteiger partial charge in [0.05, 0.1) is 23.5 Å². The maximum Gasteiger partial charge on any atom is 0.328 e. The topological polar surface area (TPSA) is 154 Å². The molecule has 5 atom stereocenters. The fourth-order valence-corrected chi connectivity index (χ4v) is 6.61. The van der Waals surface area contributed by atoms with Crippen LogP contribution in [0.25, 0.3) is 0 Å². The van der Waals surface area contributed by atoms with Crippen molar-refractivity contribution in [3.8, 4) is 11.5 Å². The molecule has 1 saturated carbocycles. The van der Waals surface area contributed by atoms with Crippen molar-refractivity contribution < 1.29 is 39.2 Å². The number of methoxy groups -OCH3 is 1. The molecule has 1 heterocycles. The van der Waals surface area contributed by atoms with Crippen molar-refractivity contribution in [3.05, 3.63) is 59.7 Å². The Morgan fingerprint density at radius 2 is 1.81 bits per heavy atom. The first-order valence-corrected chi connectivity index (χ1v) is 18.0. The molecule has 5 N–H and O–H groups in total. The minimum atomic E-state index is -0.947. The van der Waals surface area contributed by atoms with Crippen LogP contribution in [0.15, 0.2) is 59.1 Å². The second-order valence-electron chi connectivity index (χ2n) is 12.6. The van der Waals surface area contributed by atoms with Gasteiger partial charge in [-0.15, -0.1) is 11.8 Å². The first-order chi connectivity index (χ1) is 23.0. The first kappa shape index (κ1) is 38.9. The molecule has 1 aromatic rings. The van der Waals surface area contributed by atoms with E-state index in [1.54, 1.807) is 44.4 Å². The number of phenolic OH excluding ortho intramolecular Hbond substituents is 2. The third-order valence-electron chi connectivity index (χ3n) is 9.02. The number of aromatic hydroxyl groups is 2. The van der Waals surface area contributed by atoms with E-state index in [1.807, 2.05) is 25.2 Å². The van der Waals surface area contributed by atoms with Crippen molar-refractivity contribution in [1.82, 2.24) is 5.32 Å². The normalized spacial score (nSPS) is 27.2. The van der Waals surface area contributed by atoms with Crippen molar-refractivity contribution >= 4 is 35.2 Å². The molecule has 10 nitrogen and oxygen atoms in total. The van der Waals surface area contributed by atoms with Gasteiger partial charge >= 0.3 is 5.97 Å². The number of esters is 1. The van der Waals surface area contributed by atoms with E-state index in [9.17, 15) is 29.7 Å². The van der Waals surface area contributed by atoms with Gasteiger partial charge in [-0.25, -0.2) is 4.79 Å². The number of aryl methyl sites for hydroxylation is 1. The minimum Gasteiger partial charge on any atom is -0.507 e. The van der Waals surface area contributed by atoms with Gasteiger partial charge in [0.15, 0.2) is 0 Å². The number of carbonyl (C=O) groups excluding carboxylic acids is 3. The number of thioether (sulfide) groups is 1. The molecule has 1 aliphatic carbocycles. The van der Waals surface area contributed by atoms with Crippen LogP contribution in [-0.2, 0) is 30.3 Å². The molecule has 0 radical (unpaired) electrons. The van der Waals surface area contributed by atoms with Gasteiger partial charge < -0.3 is 35.4 Å². The molecule has 1 fully saturated rings. The highest BCUT2D eigenvalue weighted by Gasteiger charge is 2.31. The van der Waals surface area contributed by atoms with E-state index < -0.39 is 36.2 Å². The highest BCUT2D eigenvalue weighted by molar-refractivity contribution is 7.98. The van der Waals surface area contributed by atoms with E-state index in [0.717, 1.165) is 32.1 Å². The second kappa shape index (κ2) is 19.5. The van der Waals surface area contributed by atoms with E-state index in [-0.39, 0.29) is 41.3 Å². The summed E-state index contributed by atoms with van der Waals surface area (Å²) in [5.74, 6) is -1.84. The lowest BCUT2D eigenvalue weighted by Gasteiger charge is -2.29. The quantitative estimate of drug-likeness (QED) is 0.0785. The van der Waals surface area contributed by atoms with Gasteiger partial charge in [-0.3, -0.25) is 9.59 Å². The molecule has 264 valence electrons. The number of fused-ring (bicyclic) bond motifs is 2. The SMILES string of the molecule is CO[C@H]1/C=C/C=C/C=C/C[C@H](OC(=O)[C@@H](C)NC(=O)C2CCCCC2)[C@H](C)[C@@H](O)/C(C)=C\CCc2cc(O)c(SC)c(c2O)NC(=O)C1. The van der Waals surface area contributed by atoms with E-state index in [0.29, 0.717) is 35.3 Å². The molecule has 0 unspecified atom stereocenters. The summed E-state index contributed by atoms with van der Waals surface area (Å²) >= 11 is 1.20. The van der Waals surface area contributed by atoms with Crippen molar-refractivity contribution in [2.24, 2.45) is 11.8 Å². The maximum atomic E-state index is 13.2. The molecule has 1 aliphatic heterocycles. The highest BCUT2D eigenvalue weighted by atomic mass is 32.2. The Balaban J connectivity index is 1.86. The lowest BCUT2D eigenvalue weighted by Crippen LogP contribution is -2.45. The number of aliphatic hydroxyl groups is 1. The van der Waals surface area contributed by atoms with Gasteiger partial charge in [0.2, 0.25) is 11.8 Å². The Hall–Kier alpha value is -3.54. The molecule has 2 aliphatic rings. The number of allylic oxidation sites excluding steroid dienone is 5. The molecule has 3 rings (SSSR count). The van der Waals surface area contributed by atoms with Gasteiger partial charge in [0.25, 0.3) is 0 Å². The highest BCUT2D eigenvalue weighted by Crippen LogP contribution is 2.43. The second-order valence-corrected chi connectivity index (χ2v) is 13.4. The fourth-order valence-electron chi connectivity index (χ4n) is 5.99. The van der Waals surface area contributed by atoms with Crippen LogP contribution in [0.1, 0.15) is 77.7 Å². The Morgan fingerprint density at radius 1 is 1.10 bits per heavy atom. The molecule has 2 amide bonds. The zero-order valence-corrected chi connectivity index (χ0v) is 29.6. The monoisotopic (exact) mass is 684 g/mol. The lowest BCUT2D eigenvalue weighted by molar-refractivity contribution is -0.156. The number of benzene rings is 1. The third kappa shape index (κ3) is 11.3. The molecular formula is C37H52N2O8S. The number of carbonyl (C=O) groups is 3. The van der Waals surface area contributed by atoms with Crippen molar-refractivity contribution in [3.63, 3.8) is 0 Å². The number of anilines is 1. The zero-order chi connectivity index (χ0) is 35.2. The average Bonchev–Trinajstić information content (AvgIpc) is 3.07. The van der Waals surface area contributed by atoms with Gasteiger partial charge in [-0.1, -0.05) is 68.7 Å². The smallest absolute Gasteiger partial charge is 0.328 e. The summed E-state index contributed by atoms with van der Waals surface area (Å²) in [6.45, 7) is 5.23. The molecule has 0 saturated heterocycles. The predicted molar refractivity (Wildman–Crippen MR) is 189 cm³/mol. The van der Waals surface area contributed by atoms with Crippen LogP contribution in [0.2, 0.25) is 0 Å². The lowest BCUT2D eigenvalue weighted by atomic mass is 9.88. The summed E-state index contributed by atoms with van der Waals surface area (Å²) in [6, 6.07) is 0.651. The molecule has 48 heavy (non-hydrogen) atoms. The maximum absolute atomic E-state index is 13.2. The van der Waals surface area contributed by atoms with Crippen LogP contribution in [0, 0.1) is 11.8 Å². The van der Waals surface area contributed by atoms with Crippen LogP contribution in [0.5, 0.6) is 11.5 Å². The van der Waals surface area contributed by atoms with Gasteiger partial charge in [0.1, 0.15) is 29.3 Å². The Kier molecular flexibility index (Phi) is 15.8. The number of amides is 2. The van der Waals surface area contributed by atoms with Gasteiger partial charge in [-0.05, 0) is 57.4 Å². The Bertz CT molecular complexity index is 1380. The van der Waals surface area contributed by atoms with Crippen molar-refractivity contribution in [2.75, 3.05) is 18.7 Å². The predicted octanol–water partition coefficient (Wildman–Crippen LogP) is 6.11. The standard InChI is InChI=1S/C37H52N2O8S/c1-23-15-14-18-27-21-29(40)35(48-5)32(34(27)43)39-31(41)22-28(46-4)19-12-7-6-8-13-20-30(24(2)33(23)42)47-37(45)25(3)38-36(44)26-16-10-9-11-17-26/h6-8,12-13,15,19,21,24-26,28,30,33,40,42-43H,9-11,14,16-18,20,22H2,1-5H3,(H,38,44)(H,39,41)/b7-6+,13-8+,19-12+,23-15-/t24-,25+,28-,30-,33-/m0/s1. The minimum absolute atomic E-state index is 0.0147. The first-order valence-electron chi connectivity index (χ1n) is 16.8. The van der Waals surface area contributed by atoms with Crippen LogP contribution < -0.4 is 10.6 Å². The van der Waals surface area contributed by atoms with E-state index >= 15 is 0 Å². The summed E-state index contributed by atoms with van der Waals surface area (Å²) in [5, 5.41) is 38.7. The zero-order valence-electron chi connectivity index (χ0n) is 28.7. The Morgan fingerprint density at radius 3 is 2.50 bits per heavy atom. The summed E-state index contributed by atoms with van der Waals surface area (Å²) in [7, 11) is 1.50. The number of nitrogens with one attached hydrogen (secondary N) is 2. The van der Waals surface area contributed by atoms with Crippen LogP contribution in [-0.4, -0.2) is 70.8 Å². The van der Waals surface area contributed by atoms with Gasteiger partial charge in [-0.2, -0.15) is 0 Å². The number of phenols is 2.